The molecule has 0 aliphatic carbocycles. The molecule has 0 spiro atoms. The van der Waals surface area contributed by atoms with Crippen LogP contribution in [0.3, 0.4) is 0 Å². The first kappa shape index (κ1) is 18.9. The summed E-state index contributed by atoms with van der Waals surface area (Å²) >= 11 is 0. The summed E-state index contributed by atoms with van der Waals surface area (Å²) in [5, 5.41) is 7.88. The molecular formula is C19H27BN2O4. The standard InChI is InChI=1S/C19H27BN2O4/c1-11-9-10-12(20-25-18(5,6)19(7,8)26-20)13-14(11)21-22-15(13)16(23)24-17(2,3)4/h9-10H,1-8H3,(H,21,22). The summed E-state index contributed by atoms with van der Waals surface area (Å²) in [6.45, 7) is 15.5. The maximum Gasteiger partial charge on any atom is 0.495 e. The maximum absolute atomic E-state index is 12.7. The second-order valence-corrected chi connectivity index (χ2v) is 8.88. The summed E-state index contributed by atoms with van der Waals surface area (Å²) in [6, 6.07) is 3.89. The molecule has 3 rings (SSSR count). The van der Waals surface area contributed by atoms with Gasteiger partial charge in [0.1, 0.15) is 5.60 Å². The lowest BCUT2D eigenvalue weighted by Gasteiger charge is -2.32. The number of rotatable bonds is 2. The van der Waals surface area contributed by atoms with E-state index in [1.807, 2.05) is 67.5 Å². The Balaban J connectivity index is 2.11. The van der Waals surface area contributed by atoms with Crippen molar-refractivity contribution in [3.8, 4) is 0 Å². The van der Waals surface area contributed by atoms with Gasteiger partial charge in [0.2, 0.25) is 0 Å². The number of hydrogen-bond donors (Lipinski definition) is 1. The van der Waals surface area contributed by atoms with Gasteiger partial charge in [0.15, 0.2) is 5.69 Å². The highest BCUT2D eigenvalue weighted by atomic mass is 16.7. The molecule has 1 N–H and O–H groups in total. The quantitative estimate of drug-likeness (QED) is 0.660. The Morgan fingerprint density at radius 1 is 1.15 bits per heavy atom. The van der Waals surface area contributed by atoms with Gasteiger partial charge < -0.3 is 14.0 Å². The lowest BCUT2D eigenvalue weighted by atomic mass is 9.76. The van der Waals surface area contributed by atoms with Crippen LogP contribution >= 0.6 is 0 Å². The van der Waals surface area contributed by atoms with Gasteiger partial charge in [-0.15, -0.1) is 0 Å². The topological polar surface area (TPSA) is 73.4 Å². The second kappa shape index (κ2) is 5.82. The third kappa shape index (κ3) is 3.14. The Hall–Kier alpha value is -1.86. The first-order chi connectivity index (χ1) is 11.8. The number of ether oxygens (including phenoxy) is 1. The largest absolute Gasteiger partial charge is 0.495 e. The van der Waals surface area contributed by atoms with Gasteiger partial charge in [-0.3, -0.25) is 5.10 Å². The highest BCUT2D eigenvalue weighted by molar-refractivity contribution is 6.65. The summed E-state index contributed by atoms with van der Waals surface area (Å²) in [6.07, 6.45) is 0. The van der Waals surface area contributed by atoms with E-state index in [0.29, 0.717) is 11.1 Å². The van der Waals surface area contributed by atoms with Gasteiger partial charge >= 0.3 is 13.1 Å². The molecule has 2 aromatic rings. The van der Waals surface area contributed by atoms with E-state index in [9.17, 15) is 4.79 Å². The number of fused-ring (bicyclic) bond motifs is 1. The monoisotopic (exact) mass is 358 g/mol. The molecule has 1 aromatic heterocycles. The van der Waals surface area contributed by atoms with Gasteiger partial charge in [-0.1, -0.05) is 12.1 Å². The molecule has 1 aromatic carbocycles. The molecular weight excluding hydrogens is 331 g/mol. The van der Waals surface area contributed by atoms with E-state index in [4.69, 9.17) is 14.0 Å². The molecule has 6 nitrogen and oxygen atoms in total. The van der Waals surface area contributed by atoms with Crippen LogP contribution in [0.2, 0.25) is 0 Å². The van der Waals surface area contributed by atoms with Crippen molar-refractivity contribution in [1.82, 2.24) is 10.2 Å². The summed E-state index contributed by atoms with van der Waals surface area (Å²) in [7, 11) is -0.582. The SMILES string of the molecule is Cc1ccc(B2OC(C)(C)C(C)(C)O2)c2c(C(=O)OC(C)(C)C)[nH]nc12. The van der Waals surface area contributed by atoms with Crippen LogP contribution in [0.1, 0.15) is 64.5 Å². The predicted octanol–water partition coefficient (Wildman–Crippen LogP) is 3.13. The molecule has 1 fully saturated rings. The fourth-order valence-corrected chi connectivity index (χ4v) is 2.93. The smallest absolute Gasteiger partial charge is 0.455 e. The fourth-order valence-electron chi connectivity index (χ4n) is 2.93. The number of aromatic nitrogens is 2. The van der Waals surface area contributed by atoms with Gasteiger partial charge in [-0.2, -0.15) is 5.10 Å². The van der Waals surface area contributed by atoms with Gasteiger partial charge in [0, 0.05) is 5.39 Å². The van der Waals surface area contributed by atoms with Crippen LogP contribution in [0.5, 0.6) is 0 Å². The van der Waals surface area contributed by atoms with Crippen LogP contribution in [0, 0.1) is 6.92 Å². The maximum atomic E-state index is 12.7. The molecule has 1 aliphatic rings. The Labute approximate surface area is 154 Å². The number of carbonyl (C=O) groups excluding carboxylic acids is 1. The van der Waals surface area contributed by atoms with Gasteiger partial charge in [-0.05, 0) is 66.4 Å². The zero-order valence-electron chi connectivity index (χ0n) is 16.8. The Morgan fingerprint density at radius 2 is 1.73 bits per heavy atom. The summed E-state index contributed by atoms with van der Waals surface area (Å²) in [5.41, 5.74) is 1.25. The van der Waals surface area contributed by atoms with E-state index in [-0.39, 0.29) is 0 Å². The van der Waals surface area contributed by atoms with Crippen molar-refractivity contribution in [2.45, 2.75) is 72.2 Å². The van der Waals surface area contributed by atoms with Crippen molar-refractivity contribution in [2.24, 2.45) is 0 Å². The highest BCUT2D eigenvalue weighted by Gasteiger charge is 2.52. The average molecular weight is 358 g/mol. The van der Waals surface area contributed by atoms with Gasteiger partial charge in [0.25, 0.3) is 0 Å². The highest BCUT2D eigenvalue weighted by Crippen LogP contribution is 2.37. The van der Waals surface area contributed by atoms with Gasteiger partial charge in [0.05, 0.1) is 16.7 Å². The van der Waals surface area contributed by atoms with Crippen molar-refractivity contribution < 1.29 is 18.8 Å². The molecule has 0 atom stereocenters. The first-order valence-electron chi connectivity index (χ1n) is 8.89. The van der Waals surface area contributed by atoms with Crippen molar-refractivity contribution >= 4 is 29.5 Å². The molecule has 2 heterocycles. The normalized spacial score (nSPS) is 19.2. The number of H-pyrrole nitrogens is 1. The minimum atomic E-state index is -0.594. The zero-order chi connectivity index (χ0) is 19.5. The van der Waals surface area contributed by atoms with Crippen molar-refractivity contribution in [3.05, 3.63) is 23.4 Å². The van der Waals surface area contributed by atoms with E-state index in [1.165, 1.54) is 0 Å². The molecule has 0 unspecified atom stereocenters. The van der Waals surface area contributed by atoms with E-state index >= 15 is 0 Å². The summed E-state index contributed by atoms with van der Waals surface area (Å²) in [4.78, 5) is 12.7. The Morgan fingerprint density at radius 3 is 2.27 bits per heavy atom. The first-order valence-corrected chi connectivity index (χ1v) is 8.89. The average Bonchev–Trinajstić information content (AvgIpc) is 2.98. The van der Waals surface area contributed by atoms with Crippen LogP contribution in [0.25, 0.3) is 10.9 Å². The van der Waals surface area contributed by atoms with E-state index < -0.39 is 29.9 Å². The van der Waals surface area contributed by atoms with Crippen LogP contribution in [0.4, 0.5) is 0 Å². The lowest BCUT2D eigenvalue weighted by molar-refractivity contribution is 0.00578. The summed E-state index contributed by atoms with van der Waals surface area (Å²) < 4.78 is 17.9. The molecule has 0 saturated carbocycles. The zero-order valence-corrected chi connectivity index (χ0v) is 16.8. The molecule has 7 heteroatoms. The number of aromatic amines is 1. The fraction of sp³-hybridized carbons (Fsp3) is 0.579. The number of carbonyl (C=O) groups is 1. The minimum absolute atomic E-state index is 0.323. The van der Waals surface area contributed by atoms with E-state index in [1.54, 1.807) is 0 Å². The third-order valence-electron chi connectivity index (χ3n) is 5.05. The van der Waals surface area contributed by atoms with Crippen LogP contribution in [0.15, 0.2) is 12.1 Å². The summed E-state index contributed by atoms with van der Waals surface area (Å²) in [5.74, 6) is -0.441. The number of hydrogen-bond acceptors (Lipinski definition) is 5. The Bertz CT molecular complexity index is 848. The van der Waals surface area contributed by atoms with Crippen LogP contribution < -0.4 is 5.46 Å². The molecule has 0 bridgehead atoms. The van der Waals surface area contributed by atoms with Crippen LogP contribution in [-0.2, 0) is 14.0 Å². The van der Waals surface area contributed by atoms with E-state index in [0.717, 1.165) is 16.5 Å². The predicted molar refractivity (Wildman–Crippen MR) is 102 cm³/mol. The number of aryl methyl sites for hydroxylation is 1. The molecule has 1 aliphatic heterocycles. The van der Waals surface area contributed by atoms with Crippen molar-refractivity contribution in [2.75, 3.05) is 0 Å². The van der Waals surface area contributed by atoms with Crippen LogP contribution in [-0.4, -0.2) is 40.1 Å². The number of benzene rings is 1. The van der Waals surface area contributed by atoms with E-state index in [2.05, 4.69) is 10.2 Å². The van der Waals surface area contributed by atoms with Crippen molar-refractivity contribution in [1.29, 1.82) is 0 Å². The molecule has 0 radical (unpaired) electrons. The molecule has 1 saturated heterocycles. The third-order valence-corrected chi connectivity index (χ3v) is 5.05. The van der Waals surface area contributed by atoms with Crippen molar-refractivity contribution in [3.63, 3.8) is 0 Å². The molecule has 0 amide bonds. The minimum Gasteiger partial charge on any atom is -0.455 e. The Kier molecular flexibility index (Phi) is 4.24. The number of nitrogens with one attached hydrogen (secondary N) is 1. The number of esters is 1. The number of nitrogens with zero attached hydrogens (tertiary/aromatic N) is 1. The lowest BCUT2D eigenvalue weighted by Crippen LogP contribution is -2.41. The van der Waals surface area contributed by atoms with Gasteiger partial charge in [-0.25, -0.2) is 4.79 Å². The second-order valence-electron chi connectivity index (χ2n) is 8.88. The molecule has 140 valence electrons. The molecule has 26 heavy (non-hydrogen) atoms.